The zero-order valence-corrected chi connectivity index (χ0v) is 12.4. The van der Waals surface area contributed by atoms with Crippen molar-refractivity contribution in [3.63, 3.8) is 0 Å². The Labute approximate surface area is 121 Å². The summed E-state index contributed by atoms with van der Waals surface area (Å²) in [5.74, 6) is 0.907. The molecule has 1 aromatic carbocycles. The molecule has 0 saturated carbocycles. The van der Waals surface area contributed by atoms with Crippen LogP contribution in [-0.4, -0.2) is 18.6 Å². The van der Waals surface area contributed by atoms with E-state index >= 15 is 0 Å². The summed E-state index contributed by atoms with van der Waals surface area (Å²) in [6.07, 6.45) is 4.86. The lowest BCUT2D eigenvalue weighted by Gasteiger charge is -2.22. The summed E-state index contributed by atoms with van der Waals surface area (Å²) in [5, 5.41) is 3.60. The van der Waals surface area contributed by atoms with Crippen LogP contribution in [-0.2, 0) is 0 Å². The fourth-order valence-electron chi connectivity index (χ4n) is 2.36. The Kier molecular flexibility index (Phi) is 5.13. The molecular weight excluding hydrogens is 248 g/mol. The van der Waals surface area contributed by atoms with Crippen molar-refractivity contribution in [3.05, 3.63) is 59.4 Å². The minimum atomic E-state index is 0.111. The SMILES string of the molecule is CCCNC(c1cnccc1C)c1ccccc1OC. The summed E-state index contributed by atoms with van der Waals surface area (Å²) >= 11 is 0. The highest BCUT2D eigenvalue weighted by atomic mass is 16.5. The second-order valence-corrected chi connectivity index (χ2v) is 4.86. The summed E-state index contributed by atoms with van der Waals surface area (Å²) in [6, 6.07) is 10.3. The highest BCUT2D eigenvalue weighted by Crippen LogP contribution is 2.30. The normalized spacial score (nSPS) is 12.2. The van der Waals surface area contributed by atoms with Gasteiger partial charge in [-0.2, -0.15) is 0 Å². The zero-order valence-electron chi connectivity index (χ0n) is 12.4. The van der Waals surface area contributed by atoms with Gasteiger partial charge in [0.15, 0.2) is 0 Å². The Balaban J connectivity index is 2.44. The molecule has 0 amide bonds. The van der Waals surface area contributed by atoms with E-state index in [0.29, 0.717) is 0 Å². The fourth-order valence-corrected chi connectivity index (χ4v) is 2.36. The third-order valence-electron chi connectivity index (χ3n) is 3.44. The van der Waals surface area contributed by atoms with Gasteiger partial charge in [0.05, 0.1) is 13.2 Å². The number of aromatic nitrogens is 1. The Bertz CT molecular complexity index is 554. The minimum absolute atomic E-state index is 0.111. The van der Waals surface area contributed by atoms with Gasteiger partial charge in [-0.05, 0) is 43.1 Å². The largest absolute Gasteiger partial charge is 0.496 e. The predicted molar refractivity (Wildman–Crippen MR) is 82.1 cm³/mol. The van der Waals surface area contributed by atoms with E-state index < -0.39 is 0 Å². The topological polar surface area (TPSA) is 34.2 Å². The molecule has 20 heavy (non-hydrogen) atoms. The molecule has 0 saturated heterocycles. The van der Waals surface area contributed by atoms with Crippen LogP contribution in [0, 0.1) is 6.92 Å². The molecule has 1 N–H and O–H groups in total. The number of nitrogens with one attached hydrogen (secondary N) is 1. The number of nitrogens with zero attached hydrogens (tertiary/aromatic N) is 1. The van der Waals surface area contributed by atoms with E-state index in [-0.39, 0.29) is 6.04 Å². The summed E-state index contributed by atoms with van der Waals surface area (Å²) < 4.78 is 5.51. The van der Waals surface area contributed by atoms with Crippen LogP contribution in [0.25, 0.3) is 0 Å². The molecule has 0 spiro atoms. The average molecular weight is 270 g/mol. The van der Waals surface area contributed by atoms with E-state index in [0.717, 1.165) is 24.3 Å². The number of aryl methyl sites for hydroxylation is 1. The molecule has 0 fully saturated rings. The maximum Gasteiger partial charge on any atom is 0.123 e. The molecule has 0 aliphatic rings. The first-order valence-electron chi connectivity index (χ1n) is 7.04. The van der Waals surface area contributed by atoms with Crippen molar-refractivity contribution in [2.75, 3.05) is 13.7 Å². The molecule has 2 rings (SSSR count). The van der Waals surface area contributed by atoms with Crippen molar-refractivity contribution < 1.29 is 4.74 Å². The first kappa shape index (κ1) is 14.5. The van der Waals surface area contributed by atoms with Gasteiger partial charge in [0.25, 0.3) is 0 Å². The fraction of sp³-hybridized carbons (Fsp3) is 0.353. The van der Waals surface area contributed by atoms with Gasteiger partial charge < -0.3 is 10.1 Å². The molecule has 0 aliphatic carbocycles. The summed E-state index contributed by atoms with van der Waals surface area (Å²) in [7, 11) is 1.71. The van der Waals surface area contributed by atoms with Crippen molar-refractivity contribution in [3.8, 4) is 5.75 Å². The number of benzene rings is 1. The number of hydrogen-bond donors (Lipinski definition) is 1. The van der Waals surface area contributed by atoms with E-state index in [1.54, 1.807) is 7.11 Å². The van der Waals surface area contributed by atoms with Crippen molar-refractivity contribution in [2.45, 2.75) is 26.3 Å². The monoisotopic (exact) mass is 270 g/mol. The molecule has 3 heteroatoms. The first-order valence-corrected chi connectivity index (χ1v) is 7.04. The lowest BCUT2D eigenvalue weighted by molar-refractivity contribution is 0.403. The Morgan fingerprint density at radius 1 is 1.20 bits per heavy atom. The van der Waals surface area contributed by atoms with Crippen molar-refractivity contribution in [2.24, 2.45) is 0 Å². The molecule has 0 bridgehead atoms. The third-order valence-corrected chi connectivity index (χ3v) is 3.44. The lowest BCUT2D eigenvalue weighted by Crippen LogP contribution is -2.24. The Morgan fingerprint density at radius 3 is 2.70 bits per heavy atom. The van der Waals surface area contributed by atoms with Crippen LogP contribution in [0.3, 0.4) is 0 Å². The van der Waals surface area contributed by atoms with Crippen LogP contribution in [0.5, 0.6) is 5.75 Å². The molecule has 2 aromatic rings. The van der Waals surface area contributed by atoms with E-state index in [2.05, 4.69) is 30.2 Å². The number of methoxy groups -OCH3 is 1. The second kappa shape index (κ2) is 7.06. The van der Waals surface area contributed by atoms with Crippen LogP contribution in [0.1, 0.15) is 36.1 Å². The summed E-state index contributed by atoms with van der Waals surface area (Å²) in [4.78, 5) is 4.27. The van der Waals surface area contributed by atoms with Crippen molar-refractivity contribution >= 4 is 0 Å². The molecule has 1 aromatic heterocycles. The van der Waals surface area contributed by atoms with Crippen LogP contribution >= 0.6 is 0 Å². The zero-order chi connectivity index (χ0) is 14.4. The minimum Gasteiger partial charge on any atom is -0.496 e. The van der Waals surface area contributed by atoms with Gasteiger partial charge in [0, 0.05) is 18.0 Å². The smallest absolute Gasteiger partial charge is 0.123 e. The number of pyridine rings is 1. The number of rotatable bonds is 6. The van der Waals surface area contributed by atoms with E-state index in [9.17, 15) is 0 Å². The molecule has 1 unspecified atom stereocenters. The Morgan fingerprint density at radius 2 is 2.00 bits per heavy atom. The van der Waals surface area contributed by atoms with Crippen LogP contribution in [0.4, 0.5) is 0 Å². The molecule has 0 radical (unpaired) electrons. The van der Waals surface area contributed by atoms with Gasteiger partial charge in [0.1, 0.15) is 5.75 Å². The van der Waals surface area contributed by atoms with Crippen LogP contribution < -0.4 is 10.1 Å². The average Bonchev–Trinajstić information content (AvgIpc) is 2.49. The van der Waals surface area contributed by atoms with Gasteiger partial charge in [-0.1, -0.05) is 25.1 Å². The molecule has 1 heterocycles. The number of ether oxygens (including phenoxy) is 1. The lowest BCUT2D eigenvalue weighted by atomic mass is 9.96. The number of para-hydroxylation sites is 1. The molecule has 1 atom stereocenters. The van der Waals surface area contributed by atoms with Gasteiger partial charge in [-0.3, -0.25) is 4.98 Å². The first-order chi connectivity index (χ1) is 9.77. The van der Waals surface area contributed by atoms with Gasteiger partial charge in [0.2, 0.25) is 0 Å². The molecule has 3 nitrogen and oxygen atoms in total. The van der Waals surface area contributed by atoms with Crippen LogP contribution in [0.15, 0.2) is 42.7 Å². The third kappa shape index (κ3) is 3.17. The molecular formula is C17H22N2O. The maximum absolute atomic E-state index is 5.51. The predicted octanol–water partition coefficient (Wildman–Crippen LogP) is 3.49. The van der Waals surface area contributed by atoms with E-state index in [1.807, 2.05) is 36.7 Å². The van der Waals surface area contributed by atoms with Gasteiger partial charge in [-0.25, -0.2) is 0 Å². The van der Waals surface area contributed by atoms with E-state index in [1.165, 1.54) is 11.1 Å². The summed E-state index contributed by atoms with van der Waals surface area (Å²) in [5.41, 5.74) is 3.59. The quantitative estimate of drug-likeness (QED) is 0.872. The maximum atomic E-state index is 5.51. The number of hydrogen-bond acceptors (Lipinski definition) is 3. The molecule has 106 valence electrons. The summed E-state index contributed by atoms with van der Waals surface area (Å²) in [6.45, 7) is 5.24. The highest BCUT2D eigenvalue weighted by molar-refractivity contribution is 5.42. The highest BCUT2D eigenvalue weighted by Gasteiger charge is 2.19. The Hall–Kier alpha value is -1.87. The van der Waals surface area contributed by atoms with Gasteiger partial charge >= 0.3 is 0 Å². The standard InChI is InChI=1S/C17H22N2O/c1-4-10-19-17(15-12-18-11-9-13(15)2)14-7-5-6-8-16(14)20-3/h5-9,11-12,17,19H,4,10H2,1-3H3. The van der Waals surface area contributed by atoms with Crippen molar-refractivity contribution in [1.29, 1.82) is 0 Å². The van der Waals surface area contributed by atoms with Gasteiger partial charge in [-0.15, -0.1) is 0 Å². The van der Waals surface area contributed by atoms with E-state index in [4.69, 9.17) is 4.74 Å². The second-order valence-electron chi connectivity index (χ2n) is 4.86. The van der Waals surface area contributed by atoms with Crippen LogP contribution in [0.2, 0.25) is 0 Å². The molecule has 0 aliphatic heterocycles. The van der Waals surface area contributed by atoms with Crippen molar-refractivity contribution in [1.82, 2.24) is 10.3 Å².